The molecule has 0 unspecified atom stereocenters. The Balaban J connectivity index is 1.92. The highest BCUT2D eigenvalue weighted by molar-refractivity contribution is 5.95. The molecule has 2 atom stereocenters. The molecule has 2 aromatic rings. The molecule has 1 aliphatic heterocycles. The van der Waals surface area contributed by atoms with Gasteiger partial charge in [-0.05, 0) is 48.4 Å². The van der Waals surface area contributed by atoms with Crippen molar-refractivity contribution in [3.05, 3.63) is 53.6 Å². The van der Waals surface area contributed by atoms with Crippen molar-refractivity contribution in [1.82, 2.24) is 10.2 Å². The van der Waals surface area contributed by atoms with Gasteiger partial charge in [-0.25, -0.2) is 0 Å². The van der Waals surface area contributed by atoms with E-state index in [-0.39, 0.29) is 17.7 Å². The number of ether oxygens (including phenoxy) is 3. The molecule has 32 heavy (non-hydrogen) atoms. The minimum Gasteiger partial charge on any atom is -0.497 e. The van der Waals surface area contributed by atoms with Crippen LogP contribution in [-0.4, -0.2) is 57.7 Å². The second-order valence-corrected chi connectivity index (χ2v) is 8.40. The topological polar surface area (TPSA) is 77.1 Å². The van der Waals surface area contributed by atoms with Crippen LogP contribution in [0.5, 0.6) is 17.2 Å². The molecule has 2 amide bonds. The number of nitrogens with one attached hydrogen (secondary N) is 1. The third-order valence-electron chi connectivity index (χ3n) is 5.80. The van der Waals surface area contributed by atoms with Gasteiger partial charge in [-0.3, -0.25) is 9.59 Å². The zero-order valence-electron chi connectivity index (χ0n) is 19.4. The standard InChI is InChI=1S/C25H32N2O5/c1-16(2)13-26-24(28)22-15-27(25(29)17-6-8-18(30-3)9-7-17)14-21(22)20-12-19(31-4)10-11-23(20)32-5/h6-12,16,21-22H,13-15H2,1-5H3,(H,26,28)/t21-,22+/m0/s1. The summed E-state index contributed by atoms with van der Waals surface area (Å²) in [6.07, 6.45) is 0. The predicted octanol–water partition coefficient (Wildman–Crippen LogP) is 3.34. The van der Waals surface area contributed by atoms with E-state index in [1.165, 1.54) is 0 Å². The van der Waals surface area contributed by atoms with Crippen molar-refractivity contribution in [3.8, 4) is 17.2 Å². The molecule has 7 heteroatoms. The van der Waals surface area contributed by atoms with Gasteiger partial charge in [0.05, 0.1) is 27.2 Å². The summed E-state index contributed by atoms with van der Waals surface area (Å²) in [5.41, 5.74) is 1.42. The van der Waals surface area contributed by atoms with E-state index in [2.05, 4.69) is 19.2 Å². The van der Waals surface area contributed by atoms with E-state index in [1.807, 2.05) is 18.2 Å². The van der Waals surface area contributed by atoms with Crippen LogP contribution in [0.3, 0.4) is 0 Å². The number of likely N-dealkylation sites (tertiary alicyclic amines) is 1. The van der Waals surface area contributed by atoms with Crippen molar-refractivity contribution in [2.24, 2.45) is 11.8 Å². The van der Waals surface area contributed by atoms with Crippen molar-refractivity contribution in [2.75, 3.05) is 41.0 Å². The summed E-state index contributed by atoms with van der Waals surface area (Å²) in [4.78, 5) is 28.1. The Bertz CT molecular complexity index is 942. The SMILES string of the molecule is COc1ccc(C(=O)N2C[C@@H](C(=O)NCC(C)C)[C@H](c3cc(OC)ccc3OC)C2)cc1. The fraction of sp³-hybridized carbons (Fsp3) is 0.440. The maximum absolute atomic E-state index is 13.2. The highest BCUT2D eigenvalue weighted by Gasteiger charge is 2.42. The summed E-state index contributed by atoms with van der Waals surface area (Å²) in [6.45, 7) is 5.44. The zero-order chi connectivity index (χ0) is 23.3. The lowest BCUT2D eigenvalue weighted by Gasteiger charge is -2.21. The molecule has 1 heterocycles. The number of hydrogen-bond donors (Lipinski definition) is 1. The van der Waals surface area contributed by atoms with E-state index in [4.69, 9.17) is 14.2 Å². The van der Waals surface area contributed by atoms with Crippen LogP contribution >= 0.6 is 0 Å². The molecule has 1 saturated heterocycles. The summed E-state index contributed by atoms with van der Waals surface area (Å²) in [5, 5.41) is 3.04. The highest BCUT2D eigenvalue weighted by atomic mass is 16.5. The summed E-state index contributed by atoms with van der Waals surface area (Å²) in [6, 6.07) is 12.6. The number of methoxy groups -OCH3 is 3. The van der Waals surface area contributed by atoms with E-state index in [0.717, 1.165) is 5.56 Å². The monoisotopic (exact) mass is 440 g/mol. The van der Waals surface area contributed by atoms with E-state index in [1.54, 1.807) is 50.5 Å². The Kier molecular flexibility index (Phi) is 7.62. The number of rotatable bonds is 8. The normalized spacial score (nSPS) is 17.9. The van der Waals surface area contributed by atoms with Crippen molar-refractivity contribution < 1.29 is 23.8 Å². The average Bonchev–Trinajstić information content (AvgIpc) is 3.27. The molecular formula is C25H32N2O5. The molecule has 0 spiro atoms. The van der Waals surface area contributed by atoms with Gasteiger partial charge in [-0.2, -0.15) is 0 Å². The summed E-state index contributed by atoms with van der Waals surface area (Å²) in [7, 11) is 4.80. The van der Waals surface area contributed by atoms with Gasteiger partial charge < -0.3 is 24.4 Å². The van der Waals surface area contributed by atoms with E-state index < -0.39 is 5.92 Å². The third kappa shape index (κ3) is 5.15. The van der Waals surface area contributed by atoms with Gasteiger partial charge in [-0.1, -0.05) is 13.8 Å². The number of carbonyl (C=O) groups excluding carboxylic acids is 2. The molecule has 7 nitrogen and oxygen atoms in total. The van der Waals surface area contributed by atoms with Crippen molar-refractivity contribution in [2.45, 2.75) is 19.8 Å². The molecule has 0 bridgehead atoms. The second kappa shape index (κ2) is 10.4. The maximum atomic E-state index is 13.2. The van der Waals surface area contributed by atoms with Crippen LogP contribution in [0.1, 0.15) is 35.7 Å². The molecular weight excluding hydrogens is 408 g/mol. The molecule has 2 aromatic carbocycles. The number of nitrogens with zero attached hydrogens (tertiary/aromatic N) is 1. The smallest absolute Gasteiger partial charge is 0.253 e. The molecule has 0 radical (unpaired) electrons. The van der Waals surface area contributed by atoms with Crippen molar-refractivity contribution in [3.63, 3.8) is 0 Å². The van der Waals surface area contributed by atoms with Gasteiger partial charge in [0.1, 0.15) is 17.2 Å². The molecule has 0 saturated carbocycles. The van der Waals surface area contributed by atoms with Crippen LogP contribution in [-0.2, 0) is 4.79 Å². The van der Waals surface area contributed by atoms with Crippen LogP contribution in [0.2, 0.25) is 0 Å². The third-order valence-corrected chi connectivity index (χ3v) is 5.80. The first kappa shape index (κ1) is 23.4. The van der Waals surface area contributed by atoms with Crippen LogP contribution in [0.15, 0.2) is 42.5 Å². The quantitative estimate of drug-likeness (QED) is 0.681. The van der Waals surface area contributed by atoms with Gasteiger partial charge in [0, 0.05) is 36.7 Å². The first-order valence-electron chi connectivity index (χ1n) is 10.8. The number of carbonyl (C=O) groups is 2. The highest BCUT2D eigenvalue weighted by Crippen LogP contribution is 2.40. The molecule has 0 aromatic heterocycles. The fourth-order valence-corrected chi connectivity index (χ4v) is 4.03. The lowest BCUT2D eigenvalue weighted by molar-refractivity contribution is -0.125. The predicted molar refractivity (Wildman–Crippen MR) is 123 cm³/mol. The lowest BCUT2D eigenvalue weighted by atomic mass is 9.87. The van der Waals surface area contributed by atoms with Crippen LogP contribution in [0.4, 0.5) is 0 Å². The van der Waals surface area contributed by atoms with Crippen LogP contribution in [0, 0.1) is 11.8 Å². The molecule has 1 fully saturated rings. The van der Waals surface area contributed by atoms with Crippen LogP contribution in [0.25, 0.3) is 0 Å². The summed E-state index contributed by atoms with van der Waals surface area (Å²) >= 11 is 0. The summed E-state index contributed by atoms with van der Waals surface area (Å²) in [5.74, 6) is 1.61. The van der Waals surface area contributed by atoms with Crippen molar-refractivity contribution in [1.29, 1.82) is 0 Å². The van der Waals surface area contributed by atoms with E-state index in [9.17, 15) is 9.59 Å². The molecule has 1 N–H and O–H groups in total. The van der Waals surface area contributed by atoms with Gasteiger partial charge in [0.2, 0.25) is 5.91 Å². The van der Waals surface area contributed by atoms with Crippen molar-refractivity contribution >= 4 is 11.8 Å². The van der Waals surface area contributed by atoms with E-state index in [0.29, 0.717) is 48.4 Å². The Morgan fingerprint density at radius 1 is 0.969 bits per heavy atom. The van der Waals surface area contributed by atoms with Gasteiger partial charge in [-0.15, -0.1) is 0 Å². The molecule has 0 aliphatic carbocycles. The Morgan fingerprint density at radius 2 is 1.62 bits per heavy atom. The fourth-order valence-electron chi connectivity index (χ4n) is 4.03. The first-order chi connectivity index (χ1) is 15.4. The molecule has 172 valence electrons. The Labute approximate surface area is 189 Å². The molecule has 1 aliphatic rings. The van der Waals surface area contributed by atoms with E-state index >= 15 is 0 Å². The number of benzene rings is 2. The summed E-state index contributed by atoms with van der Waals surface area (Å²) < 4.78 is 16.2. The van der Waals surface area contributed by atoms with Crippen LogP contribution < -0.4 is 19.5 Å². The molecule has 3 rings (SSSR count). The van der Waals surface area contributed by atoms with Gasteiger partial charge in [0.15, 0.2) is 0 Å². The minimum atomic E-state index is -0.392. The van der Waals surface area contributed by atoms with Gasteiger partial charge >= 0.3 is 0 Å². The Hall–Kier alpha value is -3.22. The number of hydrogen-bond acceptors (Lipinski definition) is 5. The average molecular weight is 441 g/mol. The Morgan fingerprint density at radius 3 is 2.22 bits per heavy atom. The lowest BCUT2D eigenvalue weighted by Crippen LogP contribution is -2.37. The van der Waals surface area contributed by atoms with Gasteiger partial charge in [0.25, 0.3) is 5.91 Å². The largest absolute Gasteiger partial charge is 0.497 e. The maximum Gasteiger partial charge on any atom is 0.253 e. The minimum absolute atomic E-state index is 0.0568. The first-order valence-corrected chi connectivity index (χ1v) is 10.8. The number of amides is 2. The second-order valence-electron chi connectivity index (χ2n) is 8.40. The zero-order valence-corrected chi connectivity index (χ0v) is 19.4.